The Morgan fingerprint density at radius 3 is 2.56 bits per heavy atom. The van der Waals surface area contributed by atoms with Crippen LogP contribution < -0.4 is 10.6 Å². The van der Waals surface area contributed by atoms with E-state index in [9.17, 15) is 20.0 Å². The van der Waals surface area contributed by atoms with Crippen LogP contribution >= 0.6 is 0 Å². The van der Waals surface area contributed by atoms with E-state index >= 15 is 0 Å². The minimum atomic E-state index is -0.975. The molecule has 0 spiro atoms. The van der Waals surface area contributed by atoms with Crippen molar-refractivity contribution in [3.63, 3.8) is 0 Å². The minimum Gasteiger partial charge on any atom is -0.508 e. The molecule has 1 fully saturated rings. The van der Waals surface area contributed by atoms with Gasteiger partial charge < -0.3 is 20.5 Å². The highest BCUT2D eigenvalue weighted by Gasteiger charge is 2.34. The first kappa shape index (κ1) is 23.2. The van der Waals surface area contributed by atoms with Crippen molar-refractivity contribution >= 4 is 17.5 Å². The third kappa shape index (κ3) is 5.62. The summed E-state index contributed by atoms with van der Waals surface area (Å²) in [4.78, 5) is 29.2. The second kappa shape index (κ2) is 9.37. The van der Waals surface area contributed by atoms with Crippen LogP contribution in [0, 0.1) is 11.3 Å². The van der Waals surface area contributed by atoms with Crippen molar-refractivity contribution in [1.82, 2.24) is 10.3 Å². The molecule has 2 amide bonds. The predicted molar refractivity (Wildman–Crippen MR) is 119 cm³/mol. The zero-order valence-corrected chi connectivity index (χ0v) is 18.6. The van der Waals surface area contributed by atoms with Crippen molar-refractivity contribution in [2.45, 2.75) is 51.0 Å². The minimum absolute atomic E-state index is 0.0688. The van der Waals surface area contributed by atoms with Gasteiger partial charge in [-0.25, -0.2) is 0 Å². The highest BCUT2D eigenvalue weighted by atomic mass is 16.5. The summed E-state index contributed by atoms with van der Waals surface area (Å²) in [5, 5.41) is 25.3. The molecule has 1 aromatic heterocycles. The van der Waals surface area contributed by atoms with Crippen LogP contribution in [0.15, 0.2) is 36.5 Å². The SMILES string of the molecule is CC(C)(C)c1ccc(CC(=O)Nc2ccnc(C(=O)NC3(C#N)CCOCC3)c2)cc1O. The molecule has 0 atom stereocenters. The largest absolute Gasteiger partial charge is 0.508 e. The van der Waals surface area contributed by atoms with Crippen molar-refractivity contribution in [2.75, 3.05) is 18.5 Å². The number of phenolic OH excluding ortho intramolecular Hbond substituents is 1. The fourth-order valence-electron chi connectivity index (χ4n) is 3.61. The highest BCUT2D eigenvalue weighted by Crippen LogP contribution is 2.31. The van der Waals surface area contributed by atoms with Gasteiger partial charge in [0.2, 0.25) is 5.91 Å². The number of carbonyl (C=O) groups is 2. The molecule has 0 aliphatic carbocycles. The summed E-state index contributed by atoms with van der Waals surface area (Å²) in [5.41, 5.74) is 0.840. The van der Waals surface area contributed by atoms with Gasteiger partial charge in [0.25, 0.3) is 5.91 Å². The molecule has 1 saturated heterocycles. The average molecular weight is 437 g/mol. The van der Waals surface area contributed by atoms with Gasteiger partial charge in [0.15, 0.2) is 0 Å². The van der Waals surface area contributed by atoms with E-state index in [1.165, 1.54) is 12.3 Å². The molecule has 1 aliphatic heterocycles. The predicted octanol–water partition coefficient (Wildman–Crippen LogP) is 3.07. The highest BCUT2D eigenvalue weighted by molar-refractivity contribution is 5.96. The fraction of sp³-hybridized carbons (Fsp3) is 0.417. The Morgan fingerprint density at radius 2 is 1.94 bits per heavy atom. The average Bonchev–Trinajstić information content (AvgIpc) is 2.73. The quantitative estimate of drug-likeness (QED) is 0.662. The van der Waals surface area contributed by atoms with E-state index in [4.69, 9.17) is 4.74 Å². The number of nitrogens with zero attached hydrogens (tertiary/aromatic N) is 2. The molecular formula is C24H28N4O4. The van der Waals surface area contributed by atoms with Gasteiger partial charge >= 0.3 is 0 Å². The Balaban J connectivity index is 1.65. The molecule has 1 aromatic carbocycles. The number of anilines is 1. The first-order chi connectivity index (χ1) is 15.1. The first-order valence-electron chi connectivity index (χ1n) is 10.5. The maximum Gasteiger partial charge on any atom is 0.271 e. The standard InChI is InChI=1S/C24H28N4O4/c1-23(2,3)18-5-4-16(12-20(18)29)13-21(30)27-17-6-9-26-19(14-17)22(31)28-24(15-25)7-10-32-11-8-24/h4-6,9,12,14,29H,7-8,10-11,13H2,1-3H3,(H,28,31)(H,26,27,30). The zero-order valence-electron chi connectivity index (χ0n) is 18.6. The number of carbonyl (C=O) groups excluding carboxylic acids is 2. The number of ether oxygens (including phenoxy) is 1. The van der Waals surface area contributed by atoms with E-state index < -0.39 is 11.4 Å². The number of nitrogens with one attached hydrogen (secondary N) is 2. The molecule has 2 heterocycles. The van der Waals surface area contributed by atoms with Gasteiger partial charge in [-0.15, -0.1) is 0 Å². The van der Waals surface area contributed by atoms with Crippen LogP contribution in [-0.4, -0.2) is 40.7 Å². The van der Waals surface area contributed by atoms with Gasteiger partial charge in [-0.05, 0) is 34.7 Å². The van der Waals surface area contributed by atoms with Crippen LogP contribution in [0.5, 0.6) is 5.75 Å². The normalized spacial score (nSPS) is 15.4. The van der Waals surface area contributed by atoms with Crippen molar-refractivity contribution in [3.8, 4) is 11.8 Å². The number of pyridine rings is 1. The van der Waals surface area contributed by atoms with Gasteiger partial charge in [0.05, 0.1) is 12.5 Å². The topological polar surface area (TPSA) is 124 Å². The third-order valence-corrected chi connectivity index (χ3v) is 5.42. The summed E-state index contributed by atoms with van der Waals surface area (Å²) in [6.45, 7) is 6.83. The molecule has 0 radical (unpaired) electrons. The molecule has 3 N–H and O–H groups in total. The lowest BCUT2D eigenvalue weighted by Crippen LogP contribution is -2.51. The van der Waals surface area contributed by atoms with E-state index in [1.807, 2.05) is 32.9 Å². The summed E-state index contributed by atoms with van der Waals surface area (Å²) in [5.74, 6) is -0.610. The van der Waals surface area contributed by atoms with Crippen molar-refractivity contribution < 1.29 is 19.4 Å². The number of aromatic nitrogens is 1. The van der Waals surface area contributed by atoms with Crippen molar-refractivity contribution in [1.29, 1.82) is 5.26 Å². The molecule has 1 aliphatic rings. The Morgan fingerprint density at radius 1 is 1.22 bits per heavy atom. The maximum absolute atomic E-state index is 12.7. The number of hydrogen-bond donors (Lipinski definition) is 3. The number of rotatable bonds is 5. The lowest BCUT2D eigenvalue weighted by Gasteiger charge is -2.31. The monoisotopic (exact) mass is 436 g/mol. The first-order valence-corrected chi connectivity index (χ1v) is 10.5. The van der Waals surface area contributed by atoms with Crippen molar-refractivity contribution in [3.05, 3.63) is 53.3 Å². The summed E-state index contributed by atoms with van der Waals surface area (Å²) < 4.78 is 5.27. The summed E-state index contributed by atoms with van der Waals surface area (Å²) in [6, 6.07) is 10.5. The van der Waals surface area contributed by atoms with Gasteiger partial charge in [0.1, 0.15) is 17.0 Å². The van der Waals surface area contributed by atoms with Crippen LogP contribution in [0.2, 0.25) is 0 Å². The lowest BCUT2D eigenvalue weighted by molar-refractivity contribution is -0.115. The molecule has 0 saturated carbocycles. The summed E-state index contributed by atoms with van der Waals surface area (Å²) in [7, 11) is 0. The number of phenols is 1. The van der Waals surface area contributed by atoms with Crippen LogP contribution in [0.25, 0.3) is 0 Å². The molecule has 3 rings (SSSR count). The van der Waals surface area contributed by atoms with Crippen LogP contribution in [0.3, 0.4) is 0 Å². The zero-order chi connectivity index (χ0) is 23.4. The number of benzene rings is 1. The van der Waals surface area contributed by atoms with Gasteiger partial charge in [-0.3, -0.25) is 14.6 Å². The Bertz CT molecular complexity index is 1050. The van der Waals surface area contributed by atoms with E-state index in [0.717, 1.165) is 5.56 Å². The lowest BCUT2D eigenvalue weighted by atomic mass is 9.85. The second-order valence-corrected chi connectivity index (χ2v) is 9.02. The van der Waals surface area contributed by atoms with Crippen LogP contribution in [0.1, 0.15) is 55.2 Å². The van der Waals surface area contributed by atoms with Gasteiger partial charge in [-0.1, -0.05) is 32.9 Å². The number of aromatic hydroxyl groups is 1. The van der Waals surface area contributed by atoms with Crippen molar-refractivity contribution in [2.24, 2.45) is 0 Å². The maximum atomic E-state index is 12.7. The molecule has 8 nitrogen and oxygen atoms in total. The van der Waals surface area contributed by atoms with E-state index in [1.54, 1.807) is 12.1 Å². The Labute approximate surface area is 187 Å². The number of hydrogen-bond acceptors (Lipinski definition) is 6. The molecule has 8 heteroatoms. The molecular weight excluding hydrogens is 408 g/mol. The Hall–Kier alpha value is -3.44. The smallest absolute Gasteiger partial charge is 0.271 e. The van der Waals surface area contributed by atoms with E-state index in [-0.39, 0.29) is 29.2 Å². The van der Waals surface area contributed by atoms with Crippen LogP contribution in [0.4, 0.5) is 5.69 Å². The van der Waals surface area contributed by atoms with Gasteiger partial charge in [-0.2, -0.15) is 5.26 Å². The Kier molecular flexibility index (Phi) is 6.80. The van der Waals surface area contributed by atoms with E-state index in [2.05, 4.69) is 21.7 Å². The molecule has 2 aromatic rings. The second-order valence-electron chi connectivity index (χ2n) is 9.02. The van der Waals surface area contributed by atoms with E-state index in [0.29, 0.717) is 37.3 Å². The molecule has 0 unspecified atom stereocenters. The fourth-order valence-corrected chi connectivity index (χ4v) is 3.61. The molecule has 32 heavy (non-hydrogen) atoms. The number of nitriles is 1. The molecule has 168 valence electrons. The third-order valence-electron chi connectivity index (χ3n) is 5.42. The summed E-state index contributed by atoms with van der Waals surface area (Å²) >= 11 is 0. The number of amides is 2. The van der Waals surface area contributed by atoms with Crippen LogP contribution in [-0.2, 0) is 21.4 Å². The summed E-state index contributed by atoms with van der Waals surface area (Å²) in [6.07, 6.45) is 2.32. The van der Waals surface area contributed by atoms with Gasteiger partial charge in [0, 0.05) is 37.9 Å². The molecule has 0 bridgehead atoms.